The van der Waals surface area contributed by atoms with Crippen molar-refractivity contribution < 1.29 is 54.5 Å². The molecular formula is C38H34F8N6O4S. The third-order valence-electron chi connectivity index (χ3n) is 9.36. The number of rotatable bonds is 10. The number of piperazine rings is 1. The van der Waals surface area contributed by atoms with Crippen LogP contribution in [0.15, 0.2) is 65.6 Å². The summed E-state index contributed by atoms with van der Waals surface area (Å²) in [6.07, 6.45) is -7.99. The lowest BCUT2D eigenvalue weighted by molar-refractivity contribution is -0.137. The highest BCUT2D eigenvalue weighted by Gasteiger charge is 2.41. The van der Waals surface area contributed by atoms with Gasteiger partial charge in [-0.2, -0.15) is 40.7 Å². The lowest BCUT2D eigenvalue weighted by atomic mass is 9.98. The number of benzene rings is 3. The summed E-state index contributed by atoms with van der Waals surface area (Å²) in [5.41, 5.74) is -9.04. The number of fused-ring (bicyclic) bond motifs is 1. The van der Waals surface area contributed by atoms with E-state index in [1.165, 1.54) is 19.1 Å². The molecular weight excluding hydrogens is 789 g/mol. The van der Waals surface area contributed by atoms with Crippen LogP contribution in [0.5, 0.6) is 11.5 Å². The highest BCUT2D eigenvalue weighted by atomic mass is 32.2. The highest BCUT2D eigenvalue weighted by molar-refractivity contribution is 8.00. The molecule has 1 atom stereocenters. The summed E-state index contributed by atoms with van der Waals surface area (Å²) in [4.78, 5) is 26.2. The molecule has 1 aliphatic rings. The number of aryl methyl sites for hydroxylation is 1. The first-order valence-electron chi connectivity index (χ1n) is 17.2. The Bertz CT molecular complexity index is 2230. The topological polar surface area (TPSA) is 104 Å². The van der Waals surface area contributed by atoms with Gasteiger partial charge in [0.1, 0.15) is 28.7 Å². The van der Waals surface area contributed by atoms with E-state index in [-0.39, 0.29) is 44.4 Å². The highest BCUT2D eigenvalue weighted by Crippen LogP contribution is 2.49. The molecule has 0 spiro atoms. The summed E-state index contributed by atoms with van der Waals surface area (Å²) < 4.78 is 131. The van der Waals surface area contributed by atoms with Gasteiger partial charge in [-0.05, 0) is 78.7 Å². The van der Waals surface area contributed by atoms with Gasteiger partial charge >= 0.3 is 23.9 Å². The smallest absolute Gasteiger partial charge is 0.446 e. The van der Waals surface area contributed by atoms with E-state index >= 15 is 22.0 Å². The third kappa shape index (κ3) is 9.03. The fraction of sp³-hybridized carbons (Fsp3) is 0.316. The minimum Gasteiger partial charge on any atom is -0.497 e. The van der Waals surface area contributed by atoms with E-state index in [2.05, 4.69) is 15.0 Å². The van der Waals surface area contributed by atoms with Crippen LogP contribution in [-0.2, 0) is 19.3 Å². The van der Waals surface area contributed by atoms with Crippen molar-refractivity contribution in [3.05, 3.63) is 94.8 Å². The molecule has 0 unspecified atom stereocenters. The van der Waals surface area contributed by atoms with E-state index in [0.29, 0.717) is 22.6 Å². The van der Waals surface area contributed by atoms with Crippen LogP contribution in [0.3, 0.4) is 0 Å². The van der Waals surface area contributed by atoms with Crippen molar-refractivity contribution >= 4 is 40.4 Å². The summed E-state index contributed by atoms with van der Waals surface area (Å²) in [6, 6.07) is 14.7. The first-order valence-corrected chi connectivity index (χ1v) is 18.0. The number of pyridine rings is 1. The van der Waals surface area contributed by atoms with Gasteiger partial charge in [0.2, 0.25) is 0 Å². The van der Waals surface area contributed by atoms with E-state index in [0.717, 1.165) is 24.0 Å². The Hall–Kier alpha value is -5.59. The molecule has 19 heteroatoms. The fourth-order valence-electron chi connectivity index (χ4n) is 6.73. The molecule has 0 saturated carbocycles. The SMILES string of the molecule is COc1ccc(CN(Cc2ccc(OC)cc2)c2cc(C)c(C(F)(F)F)c(-c3c(SC(F)(F)F)cc4c(N5CCN(C(=O)O)C[C@@H]5C)nc(F)nc4c3F)n2)cc1. The molecule has 5 aromatic rings. The fourth-order valence-corrected chi connectivity index (χ4v) is 7.44. The number of amides is 1. The van der Waals surface area contributed by atoms with Gasteiger partial charge < -0.3 is 29.3 Å². The number of aromatic nitrogens is 3. The zero-order chi connectivity index (χ0) is 41.4. The molecule has 3 heterocycles. The average Bonchev–Trinajstić information content (AvgIpc) is 3.14. The van der Waals surface area contributed by atoms with Gasteiger partial charge in [0.05, 0.1) is 31.0 Å². The molecule has 57 heavy (non-hydrogen) atoms. The van der Waals surface area contributed by atoms with Gasteiger partial charge in [-0.25, -0.2) is 14.2 Å². The second kappa shape index (κ2) is 16.1. The second-order valence-electron chi connectivity index (χ2n) is 13.2. The van der Waals surface area contributed by atoms with Crippen molar-refractivity contribution in [3.8, 4) is 22.8 Å². The van der Waals surface area contributed by atoms with Gasteiger partial charge in [0.25, 0.3) is 0 Å². The van der Waals surface area contributed by atoms with Gasteiger partial charge in [0, 0.05) is 49.0 Å². The molecule has 1 fully saturated rings. The number of hydrogen-bond donors (Lipinski definition) is 1. The number of carbonyl (C=O) groups is 1. The van der Waals surface area contributed by atoms with E-state index in [1.807, 2.05) is 0 Å². The molecule has 3 aromatic carbocycles. The molecule has 1 saturated heterocycles. The van der Waals surface area contributed by atoms with Crippen LogP contribution >= 0.6 is 11.8 Å². The Morgan fingerprint density at radius 2 is 1.47 bits per heavy atom. The standard InChI is InChI=1S/C38H34F8N6O4S/c1-20-15-28(51(18-22-5-9-24(55-3)10-6-22)19-23-7-11-25(56-4)12-8-23)47-33(30(20)37(41,42)43)29-27(57-38(44,45)46)16-26-32(31(29)39)48-35(40)49-34(26)52-14-13-50(36(53)54)17-21(52)2/h5-12,15-16,21H,13-14,17-19H2,1-4H3,(H,53,54)/t21-/m0/s1. The van der Waals surface area contributed by atoms with Crippen molar-refractivity contribution in [1.29, 1.82) is 0 Å². The maximum atomic E-state index is 17.1. The molecule has 0 bridgehead atoms. The lowest BCUT2D eigenvalue weighted by Gasteiger charge is -2.39. The van der Waals surface area contributed by atoms with Crippen LogP contribution in [0.25, 0.3) is 22.2 Å². The summed E-state index contributed by atoms with van der Waals surface area (Å²) in [6.45, 7) is 2.38. The van der Waals surface area contributed by atoms with E-state index in [1.54, 1.807) is 60.4 Å². The predicted molar refractivity (Wildman–Crippen MR) is 197 cm³/mol. The van der Waals surface area contributed by atoms with Gasteiger partial charge in [0.15, 0.2) is 5.82 Å². The quantitative estimate of drug-likeness (QED) is 0.0833. The van der Waals surface area contributed by atoms with Crippen molar-refractivity contribution in [2.45, 2.75) is 49.6 Å². The van der Waals surface area contributed by atoms with Gasteiger partial charge in [-0.3, -0.25) is 0 Å². The maximum absolute atomic E-state index is 17.1. The van der Waals surface area contributed by atoms with Crippen molar-refractivity contribution in [2.75, 3.05) is 43.7 Å². The first kappa shape index (κ1) is 41.1. The number of anilines is 2. The van der Waals surface area contributed by atoms with E-state index in [4.69, 9.17) is 9.47 Å². The largest absolute Gasteiger partial charge is 0.497 e. The molecule has 2 aromatic heterocycles. The maximum Gasteiger partial charge on any atom is 0.446 e. The summed E-state index contributed by atoms with van der Waals surface area (Å²) in [7, 11) is 2.95. The number of alkyl halides is 6. The predicted octanol–water partition coefficient (Wildman–Crippen LogP) is 9.32. The Labute approximate surface area is 325 Å². The Kier molecular flexibility index (Phi) is 11.6. The van der Waals surface area contributed by atoms with Crippen molar-refractivity contribution in [3.63, 3.8) is 0 Å². The number of nitrogens with zero attached hydrogens (tertiary/aromatic N) is 6. The van der Waals surface area contributed by atoms with Crippen molar-refractivity contribution in [1.82, 2.24) is 19.9 Å². The van der Waals surface area contributed by atoms with Crippen LogP contribution in [0.4, 0.5) is 51.6 Å². The second-order valence-corrected chi connectivity index (χ2v) is 14.3. The van der Waals surface area contributed by atoms with Crippen LogP contribution in [0, 0.1) is 18.8 Å². The first-order chi connectivity index (χ1) is 26.9. The number of hydrogen-bond acceptors (Lipinski definition) is 9. The van der Waals surface area contributed by atoms with E-state index < -0.39 is 85.7 Å². The molecule has 1 N–H and O–H groups in total. The Balaban J connectivity index is 1.59. The molecule has 6 rings (SSSR count). The van der Waals surface area contributed by atoms with Crippen LogP contribution in [-0.4, -0.2) is 76.5 Å². The monoisotopic (exact) mass is 822 g/mol. The minimum absolute atomic E-state index is 0.0345. The van der Waals surface area contributed by atoms with Gasteiger partial charge in [-0.1, -0.05) is 24.3 Å². The average molecular weight is 823 g/mol. The van der Waals surface area contributed by atoms with Crippen molar-refractivity contribution in [2.24, 2.45) is 0 Å². The number of thioether (sulfide) groups is 1. The minimum atomic E-state index is -5.25. The number of halogens is 8. The van der Waals surface area contributed by atoms with Crippen LogP contribution in [0.2, 0.25) is 0 Å². The zero-order valence-corrected chi connectivity index (χ0v) is 31.5. The summed E-state index contributed by atoms with van der Waals surface area (Å²) in [5, 5.41) is 9.02. The van der Waals surface area contributed by atoms with E-state index in [9.17, 15) is 23.1 Å². The lowest BCUT2D eigenvalue weighted by Crippen LogP contribution is -2.53. The Morgan fingerprint density at radius 1 is 0.895 bits per heavy atom. The van der Waals surface area contributed by atoms with Crippen LogP contribution < -0.4 is 19.3 Å². The van der Waals surface area contributed by atoms with Gasteiger partial charge in [-0.15, -0.1) is 0 Å². The number of carboxylic acid groups (broad SMARTS) is 1. The molecule has 0 radical (unpaired) electrons. The molecule has 1 amide bonds. The third-order valence-corrected chi connectivity index (χ3v) is 10.1. The summed E-state index contributed by atoms with van der Waals surface area (Å²) >= 11 is -0.871. The molecule has 302 valence electrons. The summed E-state index contributed by atoms with van der Waals surface area (Å²) in [5.74, 6) is -1.11. The Morgan fingerprint density at radius 3 is 1.96 bits per heavy atom. The molecule has 0 aliphatic carbocycles. The molecule has 10 nitrogen and oxygen atoms in total. The molecule has 1 aliphatic heterocycles. The zero-order valence-electron chi connectivity index (χ0n) is 30.7. The normalized spacial score (nSPS) is 14.9. The number of ether oxygens (including phenoxy) is 2. The van der Waals surface area contributed by atoms with Crippen LogP contribution in [0.1, 0.15) is 29.2 Å². The number of methoxy groups -OCH3 is 2.